The summed E-state index contributed by atoms with van der Waals surface area (Å²) >= 11 is 0. The molecule has 0 amide bonds. The number of benzene rings is 1. The standard InChI is InChI=1S/C19H17F5N6/c20-13-1-2-14(21)11(7-13)4-6-30-9-16(28-10-30)15-8-12(3-5-27-15)17(25)18(29-26)19(22,23)24/h1-3,5,7-10,29H,4,6,25-26H2/b18-17-. The zero-order chi connectivity index (χ0) is 21.9. The van der Waals surface area contributed by atoms with Gasteiger partial charge in [0.25, 0.3) is 0 Å². The average Bonchev–Trinajstić information content (AvgIpc) is 3.17. The SMILES string of the molecule is NN/C(=C(\N)c1ccnc(-c2cn(CCc3cc(F)ccc3F)cn2)c1)C(F)(F)F. The van der Waals surface area contributed by atoms with E-state index >= 15 is 0 Å². The molecule has 0 aliphatic rings. The molecule has 0 bridgehead atoms. The molecule has 11 heteroatoms. The van der Waals surface area contributed by atoms with Crippen LogP contribution in [0.4, 0.5) is 22.0 Å². The summed E-state index contributed by atoms with van der Waals surface area (Å²) in [5.41, 5.74) is 6.27. The van der Waals surface area contributed by atoms with Crippen LogP contribution < -0.4 is 17.0 Å². The number of hydrazine groups is 1. The van der Waals surface area contributed by atoms with Crippen molar-refractivity contribution in [3.8, 4) is 11.4 Å². The fraction of sp³-hybridized carbons (Fsp3) is 0.158. The first-order chi connectivity index (χ1) is 14.2. The molecule has 158 valence electrons. The molecule has 0 spiro atoms. The van der Waals surface area contributed by atoms with E-state index in [2.05, 4.69) is 9.97 Å². The monoisotopic (exact) mass is 424 g/mol. The van der Waals surface area contributed by atoms with Crippen molar-refractivity contribution in [1.29, 1.82) is 0 Å². The minimum atomic E-state index is -4.75. The lowest BCUT2D eigenvalue weighted by atomic mass is 10.1. The smallest absolute Gasteiger partial charge is 0.397 e. The van der Waals surface area contributed by atoms with Gasteiger partial charge in [-0.05, 0) is 42.3 Å². The number of halogens is 5. The van der Waals surface area contributed by atoms with Crippen molar-refractivity contribution >= 4 is 5.70 Å². The van der Waals surface area contributed by atoms with Gasteiger partial charge in [-0.2, -0.15) is 13.2 Å². The van der Waals surface area contributed by atoms with E-state index in [4.69, 9.17) is 11.6 Å². The summed E-state index contributed by atoms with van der Waals surface area (Å²) in [4.78, 5) is 8.27. The Morgan fingerprint density at radius 2 is 1.83 bits per heavy atom. The van der Waals surface area contributed by atoms with Crippen LogP contribution in [0.1, 0.15) is 11.1 Å². The summed E-state index contributed by atoms with van der Waals surface area (Å²) in [6.45, 7) is 0.310. The molecule has 2 heterocycles. The number of nitrogens with two attached hydrogens (primary N) is 2. The first-order valence-electron chi connectivity index (χ1n) is 8.65. The van der Waals surface area contributed by atoms with Crippen molar-refractivity contribution in [3.63, 3.8) is 0 Å². The van der Waals surface area contributed by atoms with Crippen molar-refractivity contribution in [2.75, 3.05) is 0 Å². The summed E-state index contributed by atoms with van der Waals surface area (Å²) in [5, 5.41) is 0. The predicted octanol–water partition coefficient (Wildman–Crippen LogP) is 3.12. The van der Waals surface area contributed by atoms with Crippen LogP contribution in [0.15, 0.2) is 54.7 Å². The largest absolute Gasteiger partial charge is 0.434 e. The van der Waals surface area contributed by atoms with Crippen LogP contribution in [0.2, 0.25) is 0 Å². The molecule has 1 aromatic carbocycles. The topological polar surface area (TPSA) is 94.8 Å². The second-order valence-corrected chi connectivity index (χ2v) is 6.34. The maximum atomic E-state index is 13.7. The number of aromatic nitrogens is 3. The fourth-order valence-electron chi connectivity index (χ4n) is 2.79. The minimum Gasteiger partial charge on any atom is -0.397 e. The normalized spacial score (nSPS) is 12.6. The molecule has 0 radical (unpaired) electrons. The van der Waals surface area contributed by atoms with Gasteiger partial charge in [0.15, 0.2) is 5.70 Å². The second-order valence-electron chi connectivity index (χ2n) is 6.34. The van der Waals surface area contributed by atoms with Gasteiger partial charge in [-0.1, -0.05) is 0 Å². The molecular weight excluding hydrogens is 407 g/mol. The van der Waals surface area contributed by atoms with E-state index in [1.165, 1.54) is 24.7 Å². The zero-order valence-corrected chi connectivity index (χ0v) is 15.4. The molecule has 0 saturated carbocycles. The van der Waals surface area contributed by atoms with Gasteiger partial charge in [0, 0.05) is 24.5 Å². The Labute approximate surface area is 168 Å². The molecule has 0 fully saturated rings. The van der Waals surface area contributed by atoms with E-state index in [1.54, 1.807) is 16.2 Å². The molecule has 3 aromatic rings. The summed E-state index contributed by atoms with van der Waals surface area (Å²) < 4.78 is 67.6. The lowest BCUT2D eigenvalue weighted by Gasteiger charge is -2.14. The van der Waals surface area contributed by atoms with E-state index in [-0.39, 0.29) is 23.2 Å². The third kappa shape index (κ3) is 4.74. The highest BCUT2D eigenvalue weighted by molar-refractivity contribution is 5.69. The summed E-state index contributed by atoms with van der Waals surface area (Å²) in [5.74, 6) is 3.92. The Balaban J connectivity index is 1.81. The Kier molecular flexibility index (Phi) is 6.01. The van der Waals surface area contributed by atoms with E-state index in [1.807, 2.05) is 0 Å². The van der Waals surface area contributed by atoms with E-state index in [9.17, 15) is 22.0 Å². The second kappa shape index (κ2) is 8.49. The van der Waals surface area contributed by atoms with Gasteiger partial charge in [0.2, 0.25) is 0 Å². The molecule has 0 atom stereocenters. The van der Waals surface area contributed by atoms with Crippen LogP contribution in [0.25, 0.3) is 17.1 Å². The van der Waals surface area contributed by atoms with Crippen LogP contribution in [-0.2, 0) is 13.0 Å². The van der Waals surface area contributed by atoms with Crippen LogP contribution in [0.3, 0.4) is 0 Å². The maximum absolute atomic E-state index is 13.7. The quantitative estimate of drug-likeness (QED) is 0.321. The van der Waals surface area contributed by atoms with Gasteiger partial charge in [-0.3, -0.25) is 10.8 Å². The van der Waals surface area contributed by atoms with Crippen molar-refractivity contribution in [1.82, 2.24) is 20.0 Å². The number of nitrogens with zero attached hydrogens (tertiary/aromatic N) is 3. The number of aryl methyl sites for hydroxylation is 2. The summed E-state index contributed by atoms with van der Waals surface area (Å²) in [7, 11) is 0. The molecule has 30 heavy (non-hydrogen) atoms. The molecular formula is C19H17F5N6. The van der Waals surface area contributed by atoms with Gasteiger partial charge < -0.3 is 15.7 Å². The Morgan fingerprint density at radius 1 is 1.07 bits per heavy atom. The van der Waals surface area contributed by atoms with Crippen LogP contribution in [0.5, 0.6) is 0 Å². The molecule has 6 nitrogen and oxygen atoms in total. The molecule has 0 unspecified atom stereocenters. The third-order valence-corrected chi connectivity index (χ3v) is 4.31. The Morgan fingerprint density at radius 3 is 2.53 bits per heavy atom. The summed E-state index contributed by atoms with van der Waals surface area (Å²) in [6.07, 6.45) is -0.184. The van der Waals surface area contributed by atoms with Crippen molar-refractivity contribution in [2.24, 2.45) is 11.6 Å². The molecule has 5 N–H and O–H groups in total. The average molecular weight is 424 g/mol. The summed E-state index contributed by atoms with van der Waals surface area (Å²) in [6, 6.07) is 5.88. The van der Waals surface area contributed by atoms with Crippen LogP contribution in [-0.4, -0.2) is 20.7 Å². The highest BCUT2D eigenvalue weighted by atomic mass is 19.4. The number of rotatable bonds is 6. The van der Waals surface area contributed by atoms with Gasteiger partial charge >= 0.3 is 6.18 Å². The van der Waals surface area contributed by atoms with Gasteiger partial charge in [-0.25, -0.2) is 13.8 Å². The maximum Gasteiger partial charge on any atom is 0.434 e. The molecule has 0 aliphatic carbocycles. The van der Waals surface area contributed by atoms with Crippen molar-refractivity contribution in [2.45, 2.75) is 19.1 Å². The number of hydrogen-bond donors (Lipinski definition) is 3. The number of imidazole rings is 1. The van der Waals surface area contributed by atoms with Gasteiger partial charge in [0.1, 0.15) is 17.3 Å². The molecule has 3 rings (SSSR count). The van der Waals surface area contributed by atoms with Crippen LogP contribution >= 0.6 is 0 Å². The Bertz CT molecular complexity index is 1070. The molecule has 0 saturated heterocycles. The fourth-order valence-corrected chi connectivity index (χ4v) is 2.79. The minimum absolute atomic E-state index is 0.0571. The highest BCUT2D eigenvalue weighted by Gasteiger charge is 2.36. The molecule has 0 aliphatic heterocycles. The molecule has 2 aromatic heterocycles. The number of hydrogen-bond acceptors (Lipinski definition) is 5. The van der Waals surface area contributed by atoms with Crippen molar-refractivity contribution < 1.29 is 22.0 Å². The first-order valence-corrected chi connectivity index (χ1v) is 8.65. The predicted molar refractivity (Wildman–Crippen MR) is 100 cm³/mol. The lowest BCUT2D eigenvalue weighted by molar-refractivity contribution is -0.0961. The lowest BCUT2D eigenvalue weighted by Crippen LogP contribution is -2.34. The number of alkyl halides is 3. The van der Waals surface area contributed by atoms with Gasteiger partial charge in [0.05, 0.1) is 17.7 Å². The first kappa shape index (κ1) is 21.2. The van der Waals surface area contributed by atoms with Crippen LogP contribution in [0, 0.1) is 11.6 Å². The zero-order valence-electron chi connectivity index (χ0n) is 15.4. The van der Waals surface area contributed by atoms with Crippen molar-refractivity contribution in [3.05, 3.63) is 77.5 Å². The Hall–Kier alpha value is -3.47. The number of allylic oxidation sites excluding steroid dienone is 1. The highest BCUT2D eigenvalue weighted by Crippen LogP contribution is 2.28. The van der Waals surface area contributed by atoms with E-state index in [0.29, 0.717) is 12.2 Å². The third-order valence-electron chi connectivity index (χ3n) is 4.31. The van der Waals surface area contributed by atoms with E-state index < -0.39 is 29.2 Å². The van der Waals surface area contributed by atoms with E-state index in [0.717, 1.165) is 18.2 Å². The number of pyridine rings is 1. The van der Waals surface area contributed by atoms with Gasteiger partial charge in [-0.15, -0.1) is 0 Å². The number of nitrogens with one attached hydrogen (secondary N) is 1.